The second kappa shape index (κ2) is 7.01. The van der Waals surface area contributed by atoms with Crippen molar-refractivity contribution in [2.45, 2.75) is 26.8 Å². The summed E-state index contributed by atoms with van der Waals surface area (Å²) in [6.07, 6.45) is 0. The highest BCUT2D eigenvalue weighted by molar-refractivity contribution is 5.99. The number of benzene rings is 2. The standard InChI is InChI=1S/C21H23NO3/c1-13(2)19(15-8-6-5-7-9-15)22-21(23)20-14(3)17-12-16(24-4)10-11-18(17)25-20/h5-13,19H,1-4H3,(H,22,23). The zero-order valence-electron chi connectivity index (χ0n) is 15.0. The molecule has 0 aliphatic rings. The molecule has 1 heterocycles. The molecule has 0 fully saturated rings. The highest BCUT2D eigenvalue weighted by atomic mass is 16.5. The molecule has 0 spiro atoms. The molecule has 1 amide bonds. The Morgan fingerprint density at radius 1 is 1.12 bits per heavy atom. The highest BCUT2D eigenvalue weighted by Gasteiger charge is 2.23. The molecule has 0 aliphatic heterocycles. The van der Waals surface area contributed by atoms with E-state index in [0.717, 1.165) is 22.3 Å². The topological polar surface area (TPSA) is 51.5 Å². The van der Waals surface area contributed by atoms with Gasteiger partial charge in [0.1, 0.15) is 11.3 Å². The molecule has 1 atom stereocenters. The minimum Gasteiger partial charge on any atom is -0.497 e. The molecule has 0 aliphatic carbocycles. The Kier molecular flexibility index (Phi) is 4.79. The fraction of sp³-hybridized carbons (Fsp3) is 0.286. The van der Waals surface area contributed by atoms with Crippen molar-refractivity contribution in [1.29, 1.82) is 0 Å². The maximum atomic E-state index is 12.8. The van der Waals surface area contributed by atoms with E-state index in [0.29, 0.717) is 11.3 Å². The van der Waals surface area contributed by atoms with Crippen LogP contribution in [-0.2, 0) is 0 Å². The zero-order valence-corrected chi connectivity index (χ0v) is 15.0. The average Bonchev–Trinajstić information content (AvgIpc) is 2.96. The number of carbonyl (C=O) groups is 1. The summed E-state index contributed by atoms with van der Waals surface area (Å²) in [6.45, 7) is 6.08. The quantitative estimate of drug-likeness (QED) is 0.722. The molecule has 3 aromatic rings. The third-order valence-electron chi connectivity index (χ3n) is 4.46. The number of furan rings is 1. The summed E-state index contributed by atoms with van der Waals surface area (Å²) < 4.78 is 11.1. The Morgan fingerprint density at radius 2 is 1.84 bits per heavy atom. The third-order valence-corrected chi connectivity index (χ3v) is 4.46. The number of hydrogen-bond donors (Lipinski definition) is 1. The van der Waals surface area contributed by atoms with Gasteiger partial charge < -0.3 is 14.5 Å². The molecule has 4 nitrogen and oxygen atoms in total. The van der Waals surface area contributed by atoms with Crippen molar-refractivity contribution >= 4 is 16.9 Å². The molecule has 1 aromatic heterocycles. The van der Waals surface area contributed by atoms with Gasteiger partial charge in [0.2, 0.25) is 0 Å². The number of ether oxygens (including phenoxy) is 1. The van der Waals surface area contributed by atoms with Crippen molar-refractivity contribution in [3.05, 3.63) is 65.4 Å². The summed E-state index contributed by atoms with van der Waals surface area (Å²) in [5.74, 6) is 1.16. The van der Waals surface area contributed by atoms with Gasteiger partial charge in [-0.1, -0.05) is 44.2 Å². The number of hydrogen-bond acceptors (Lipinski definition) is 3. The fourth-order valence-electron chi connectivity index (χ4n) is 3.05. The van der Waals surface area contributed by atoms with Gasteiger partial charge in [0.25, 0.3) is 5.91 Å². The summed E-state index contributed by atoms with van der Waals surface area (Å²) in [5.41, 5.74) is 2.59. The molecule has 1 unspecified atom stereocenters. The lowest BCUT2D eigenvalue weighted by molar-refractivity contribution is 0.0898. The van der Waals surface area contributed by atoms with Gasteiger partial charge in [-0.2, -0.15) is 0 Å². The van der Waals surface area contributed by atoms with E-state index in [4.69, 9.17) is 9.15 Å². The van der Waals surface area contributed by atoms with Crippen LogP contribution in [0.3, 0.4) is 0 Å². The Labute approximate surface area is 147 Å². The van der Waals surface area contributed by atoms with E-state index in [1.54, 1.807) is 7.11 Å². The minimum atomic E-state index is -0.199. The second-order valence-electron chi connectivity index (χ2n) is 6.52. The molecule has 0 saturated carbocycles. The fourth-order valence-corrected chi connectivity index (χ4v) is 3.05. The van der Waals surface area contributed by atoms with Gasteiger partial charge in [-0.05, 0) is 36.6 Å². The second-order valence-corrected chi connectivity index (χ2v) is 6.52. The maximum Gasteiger partial charge on any atom is 0.287 e. The lowest BCUT2D eigenvalue weighted by Crippen LogP contribution is -2.31. The summed E-state index contributed by atoms with van der Waals surface area (Å²) >= 11 is 0. The molecule has 1 N–H and O–H groups in total. The van der Waals surface area contributed by atoms with E-state index in [1.807, 2.05) is 55.5 Å². The molecule has 25 heavy (non-hydrogen) atoms. The van der Waals surface area contributed by atoms with Crippen molar-refractivity contribution < 1.29 is 13.9 Å². The third kappa shape index (κ3) is 3.38. The van der Waals surface area contributed by atoms with Crippen LogP contribution in [0.1, 0.15) is 41.6 Å². The number of amides is 1. The number of aryl methyl sites for hydroxylation is 1. The van der Waals surface area contributed by atoms with Gasteiger partial charge in [-0.3, -0.25) is 4.79 Å². The van der Waals surface area contributed by atoms with Crippen LogP contribution in [0.4, 0.5) is 0 Å². The van der Waals surface area contributed by atoms with Crippen LogP contribution in [0.25, 0.3) is 11.0 Å². The van der Waals surface area contributed by atoms with Gasteiger partial charge in [-0.25, -0.2) is 0 Å². The molecule has 3 rings (SSSR count). The summed E-state index contributed by atoms with van der Waals surface area (Å²) in [5, 5.41) is 4.01. The van der Waals surface area contributed by atoms with Crippen molar-refractivity contribution in [2.75, 3.05) is 7.11 Å². The number of fused-ring (bicyclic) bond motifs is 1. The van der Waals surface area contributed by atoms with Crippen LogP contribution in [0.15, 0.2) is 52.9 Å². The predicted molar refractivity (Wildman–Crippen MR) is 99.0 cm³/mol. The van der Waals surface area contributed by atoms with Crippen LogP contribution in [-0.4, -0.2) is 13.0 Å². The van der Waals surface area contributed by atoms with Crippen molar-refractivity contribution in [3.63, 3.8) is 0 Å². The van der Waals surface area contributed by atoms with Gasteiger partial charge in [0.05, 0.1) is 13.2 Å². The van der Waals surface area contributed by atoms with Gasteiger partial charge in [0.15, 0.2) is 5.76 Å². The van der Waals surface area contributed by atoms with E-state index >= 15 is 0 Å². The molecular formula is C21H23NO3. The van der Waals surface area contributed by atoms with Gasteiger partial charge in [-0.15, -0.1) is 0 Å². The monoisotopic (exact) mass is 337 g/mol. The van der Waals surface area contributed by atoms with Gasteiger partial charge >= 0.3 is 0 Å². The normalized spacial score (nSPS) is 12.4. The van der Waals surface area contributed by atoms with E-state index in [1.165, 1.54) is 0 Å². The lowest BCUT2D eigenvalue weighted by atomic mass is 9.96. The maximum absolute atomic E-state index is 12.8. The Balaban J connectivity index is 1.92. The smallest absolute Gasteiger partial charge is 0.287 e. The molecule has 2 aromatic carbocycles. The number of nitrogens with one attached hydrogen (secondary N) is 1. The van der Waals surface area contributed by atoms with E-state index in [-0.39, 0.29) is 17.9 Å². The first kappa shape index (κ1) is 17.1. The van der Waals surface area contributed by atoms with Crippen LogP contribution in [0.2, 0.25) is 0 Å². The van der Waals surface area contributed by atoms with Crippen LogP contribution >= 0.6 is 0 Å². The molecule has 4 heteroatoms. The Hall–Kier alpha value is -2.75. The lowest BCUT2D eigenvalue weighted by Gasteiger charge is -2.22. The Bertz CT molecular complexity index is 881. The number of methoxy groups -OCH3 is 1. The van der Waals surface area contributed by atoms with Crippen molar-refractivity contribution in [3.8, 4) is 5.75 Å². The number of rotatable bonds is 5. The zero-order chi connectivity index (χ0) is 18.0. The van der Waals surface area contributed by atoms with Crippen LogP contribution < -0.4 is 10.1 Å². The minimum absolute atomic E-state index is 0.0733. The van der Waals surface area contributed by atoms with E-state index < -0.39 is 0 Å². The predicted octanol–water partition coefficient (Wildman–Crippen LogP) is 4.88. The highest BCUT2D eigenvalue weighted by Crippen LogP contribution is 2.30. The first-order valence-corrected chi connectivity index (χ1v) is 8.44. The van der Waals surface area contributed by atoms with E-state index in [2.05, 4.69) is 19.2 Å². The largest absolute Gasteiger partial charge is 0.497 e. The summed E-state index contributed by atoms with van der Waals surface area (Å²) in [4.78, 5) is 12.8. The average molecular weight is 337 g/mol. The summed E-state index contributed by atoms with van der Waals surface area (Å²) in [6, 6.07) is 15.5. The van der Waals surface area contributed by atoms with Crippen LogP contribution in [0.5, 0.6) is 5.75 Å². The summed E-state index contributed by atoms with van der Waals surface area (Å²) in [7, 11) is 1.62. The first-order chi connectivity index (χ1) is 12.0. The molecule has 130 valence electrons. The first-order valence-electron chi connectivity index (χ1n) is 8.44. The Morgan fingerprint density at radius 3 is 2.48 bits per heavy atom. The SMILES string of the molecule is COc1ccc2oc(C(=O)NC(c3ccccc3)C(C)C)c(C)c2c1. The number of carbonyl (C=O) groups excluding carboxylic acids is 1. The van der Waals surface area contributed by atoms with Crippen LogP contribution in [0, 0.1) is 12.8 Å². The molecular weight excluding hydrogens is 314 g/mol. The molecule has 0 saturated heterocycles. The van der Waals surface area contributed by atoms with Crippen molar-refractivity contribution in [2.24, 2.45) is 5.92 Å². The molecule has 0 bridgehead atoms. The van der Waals surface area contributed by atoms with Gasteiger partial charge in [0, 0.05) is 10.9 Å². The van der Waals surface area contributed by atoms with Crippen molar-refractivity contribution in [1.82, 2.24) is 5.32 Å². The van der Waals surface area contributed by atoms with E-state index in [9.17, 15) is 4.79 Å². The molecule has 0 radical (unpaired) electrons.